The number of rotatable bonds is 7. The van der Waals surface area contributed by atoms with Gasteiger partial charge in [-0.1, -0.05) is 32.0 Å². The molecule has 0 fully saturated rings. The molecule has 0 saturated heterocycles. The zero-order valence-corrected chi connectivity index (χ0v) is 14.9. The average molecular weight is 331 g/mol. The maximum absolute atomic E-state index is 13.5. The van der Waals surface area contributed by atoms with Crippen molar-refractivity contribution in [3.63, 3.8) is 0 Å². The van der Waals surface area contributed by atoms with Crippen molar-refractivity contribution in [3.8, 4) is 0 Å². The van der Waals surface area contributed by atoms with Crippen molar-refractivity contribution in [1.29, 1.82) is 0 Å². The van der Waals surface area contributed by atoms with Gasteiger partial charge in [0.15, 0.2) is 0 Å². The van der Waals surface area contributed by atoms with Gasteiger partial charge in [0, 0.05) is 30.8 Å². The number of carbonyl (C=O) groups excluding carboxylic acids is 1. The maximum Gasteiger partial charge on any atom is 0.220 e. The number of aromatic nitrogens is 2. The highest BCUT2D eigenvalue weighted by Crippen LogP contribution is 2.16. The quantitative estimate of drug-likeness (QED) is 0.843. The fourth-order valence-electron chi connectivity index (χ4n) is 2.78. The third kappa shape index (κ3) is 4.66. The molecule has 0 aliphatic rings. The van der Waals surface area contributed by atoms with E-state index in [-0.39, 0.29) is 18.3 Å². The first-order valence-corrected chi connectivity index (χ1v) is 8.41. The lowest BCUT2D eigenvalue weighted by Crippen LogP contribution is -2.23. The molecule has 0 unspecified atom stereocenters. The highest BCUT2D eigenvalue weighted by atomic mass is 19.1. The standard InChI is InChI=1S/C19H26FN3O/c1-13(2)12-23-15(4)17(14(3)22-23)9-10-19(24)21-11-16-7-5-6-8-18(16)20/h5-8,13H,9-12H2,1-4H3,(H,21,24). The molecule has 1 N–H and O–H groups in total. The average Bonchev–Trinajstić information content (AvgIpc) is 2.78. The number of hydrogen-bond acceptors (Lipinski definition) is 2. The second-order valence-electron chi connectivity index (χ2n) is 6.59. The number of amides is 1. The van der Waals surface area contributed by atoms with Gasteiger partial charge in [-0.2, -0.15) is 5.10 Å². The number of carbonyl (C=O) groups is 1. The summed E-state index contributed by atoms with van der Waals surface area (Å²) in [6.07, 6.45) is 1.03. The maximum atomic E-state index is 13.5. The van der Waals surface area contributed by atoms with Crippen molar-refractivity contribution in [3.05, 3.63) is 52.6 Å². The smallest absolute Gasteiger partial charge is 0.220 e. The molecule has 0 saturated carbocycles. The van der Waals surface area contributed by atoms with Gasteiger partial charge in [-0.3, -0.25) is 9.48 Å². The Hall–Kier alpha value is -2.17. The molecule has 4 nitrogen and oxygen atoms in total. The van der Waals surface area contributed by atoms with Crippen LogP contribution >= 0.6 is 0 Å². The third-order valence-corrected chi connectivity index (χ3v) is 4.11. The monoisotopic (exact) mass is 331 g/mol. The molecule has 0 radical (unpaired) electrons. The van der Waals surface area contributed by atoms with Crippen LogP contribution in [0.2, 0.25) is 0 Å². The normalized spacial score (nSPS) is 11.1. The summed E-state index contributed by atoms with van der Waals surface area (Å²) in [4.78, 5) is 12.0. The minimum absolute atomic E-state index is 0.0753. The second kappa shape index (κ2) is 8.08. The Kier molecular flexibility index (Phi) is 6.12. The van der Waals surface area contributed by atoms with E-state index in [2.05, 4.69) is 31.2 Å². The summed E-state index contributed by atoms with van der Waals surface area (Å²) >= 11 is 0. The first-order chi connectivity index (χ1) is 11.4. The minimum atomic E-state index is -0.292. The highest BCUT2D eigenvalue weighted by Gasteiger charge is 2.14. The van der Waals surface area contributed by atoms with Crippen molar-refractivity contribution < 1.29 is 9.18 Å². The van der Waals surface area contributed by atoms with Crippen LogP contribution in [-0.2, 0) is 24.3 Å². The molecule has 130 valence electrons. The fraction of sp³-hybridized carbons (Fsp3) is 0.474. The van der Waals surface area contributed by atoms with E-state index in [9.17, 15) is 9.18 Å². The molecule has 2 rings (SSSR count). The third-order valence-electron chi connectivity index (χ3n) is 4.11. The van der Waals surface area contributed by atoms with Crippen LogP contribution < -0.4 is 5.32 Å². The number of nitrogens with zero attached hydrogens (tertiary/aromatic N) is 2. The molecule has 2 aromatic rings. The first kappa shape index (κ1) is 18.2. The lowest BCUT2D eigenvalue weighted by atomic mass is 10.1. The Morgan fingerprint density at radius 3 is 2.67 bits per heavy atom. The van der Waals surface area contributed by atoms with E-state index in [1.165, 1.54) is 6.07 Å². The van der Waals surface area contributed by atoms with Gasteiger partial charge in [-0.05, 0) is 37.8 Å². The second-order valence-corrected chi connectivity index (χ2v) is 6.59. The summed E-state index contributed by atoms with van der Waals surface area (Å²) < 4.78 is 15.6. The fourth-order valence-corrected chi connectivity index (χ4v) is 2.78. The molecule has 1 amide bonds. The predicted molar refractivity (Wildman–Crippen MR) is 93.1 cm³/mol. The zero-order valence-electron chi connectivity index (χ0n) is 14.9. The van der Waals surface area contributed by atoms with E-state index in [0.29, 0.717) is 24.3 Å². The number of hydrogen-bond donors (Lipinski definition) is 1. The van der Waals surface area contributed by atoms with E-state index < -0.39 is 0 Å². The molecule has 0 aliphatic carbocycles. The van der Waals surface area contributed by atoms with Crippen molar-refractivity contribution in [2.45, 2.75) is 53.6 Å². The SMILES string of the molecule is Cc1nn(CC(C)C)c(C)c1CCC(=O)NCc1ccccc1F. The van der Waals surface area contributed by atoms with Crippen LogP contribution in [0.25, 0.3) is 0 Å². The first-order valence-electron chi connectivity index (χ1n) is 8.41. The van der Waals surface area contributed by atoms with Crippen LogP contribution in [0.15, 0.2) is 24.3 Å². The van der Waals surface area contributed by atoms with Crippen molar-refractivity contribution in [2.75, 3.05) is 0 Å². The summed E-state index contributed by atoms with van der Waals surface area (Å²) in [5.74, 6) is 0.160. The van der Waals surface area contributed by atoms with E-state index in [0.717, 1.165) is 23.5 Å². The van der Waals surface area contributed by atoms with Gasteiger partial charge < -0.3 is 5.32 Å². The van der Waals surface area contributed by atoms with Crippen molar-refractivity contribution in [2.24, 2.45) is 5.92 Å². The van der Waals surface area contributed by atoms with Gasteiger partial charge in [0.1, 0.15) is 5.82 Å². The van der Waals surface area contributed by atoms with Gasteiger partial charge >= 0.3 is 0 Å². The van der Waals surface area contributed by atoms with Crippen LogP contribution in [0.3, 0.4) is 0 Å². The van der Waals surface area contributed by atoms with Crippen LogP contribution in [0.4, 0.5) is 4.39 Å². The highest BCUT2D eigenvalue weighted by molar-refractivity contribution is 5.76. The van der Waals surface area contributed by atoms with Gasteiger partial charge in [-0.25, -0.2) is 4.39 Å². The molecular formula is C19H26FN3O. The van der Waals surface area contributed by atoms with Crippen LogP contribution in [0.5, 0.6) is 0 Å². The largest absolute Gasteiger partial charge is 0.352 e. The van der Waals surface area contributed by atoms with Gasteiger partial charge in [0.25, 0.3) is 0 Å². The Balaban J connectivity index is 1.90. The molecule has 0 aliphatic heterocycles. The number of halogens is 1. The van der Waals surface area contributed by atoms with E-state index in [4.69, 9.17) is 0 Å². The van der Waals surface area contributed by atoms with Crippen molar-refractivity contribution in [1.82, 2.24) is 15.1 Å². The molecule has 5 heteroatoms. The molecule has 1 heterocycles. The molecule has 0 spiro atoms. The van der Waals surface area contributed by atoms with Gasteiger partial charge in [0.2, 0.25) is 5.91 Å². The molecular weight excluding hydrogens is 305 g/mol. The topological polar surface area (TPSA) is 46.9 Å². The molecule has 0 bridgehead atoms. The number of benzene rings is 1. The lowest BCUT2D eigenvalue weighted by molar-refractivity contribution is -0.121. The molecule has 24 heavy (non-hydrogen) atoms. The molecule has 1 aromatic heterocycles. The Morgan fingerprint density at radius 2 is 2.00 bits per heavy atom. The van der Waals surface area contributed by atoms with Crippen LogP contribution in [0, 0.1) is 25.6 Å². The van der Waals surface area contributed by atoms with E-state index in [1.54, 1.807) is 18.2 Å². The lowest BCUT2D eigenvalue weighted by Gasteiger charge is -2.08. The summed E-state index contributed by atoms with van der Waals surface area (Å²) in [5, 5.41) is 7.35. The summed E-state index contributed by atoms with van der Waals surface area (Å²) in [5.41, 5.74) is 3.75. The summed E-state index contributed by atoms with van der Waals surface area (Å²) in [7, 11) is 0. The summed E-state index contributed by atoms with van der Waals surface area (Å²) in [6.45, 7) is 9.45. The van der Waals surface area contributed by atoms with E-state index in [1.807, 2.05) is 11.6 Å². The van der Waals surface area contributed by atoms with Gasteiger partial charge in [0.05, 0.1) is 5.69 Å². The minimum Gasteiger partial charge on any atom is -0.352 e. The molecule has 1 aromatic carbocycles. The Labute approximate surface area is 143 Å². The summed E-state index contributed by atoms with van der Waals surface area (Å²) in [6, 6.07) is 6.48. The van der Waals surface area contributed by atoms with Gasteiger partial charge in [-0.15, -0.1) is 0 Å². The van der Waals surface area contributed by atoms with Crippen LogP contribution in [-0.4, -0.2) is 15.7 Å². The number of aryl methyl sites for hydroxylation is 1. The van der Waals surface area contributed by atoms with Crippen molar-refractivity contribution >= 4 is 5.91 Å². The zero-order chi connectivity index (χ0) is 17.7. The molecule has 0 atom stereocenters. The van der Waals surface area contributed by atoms with Crippen LogP contribution in [0.1, 0.15) is 42.8 Å². The predicted octanol–water partition coefficient (Wildman–Crippen LogP) is 3.54. The van der Waals surface area contributed by atoms with E-state index >= 15 is 0 Å². The Morgan fingerprint density at radius 1 is 1.29 bits per heavy atom. The Bertz CT molecular complexity index is 707. The number of nitrogens with one attached hydrogen (secondary N) is 1.